The van der Waals surface area contributed by atoms with Crippen LogP contribution in [0.15, 0.2) is 41.4 Å². The molecule has 0 bridgehead atoms. The van der Waals surface area contributed by atoms with Crippen LogP contribution in [0.4, 0.5) is 0 Å². The number of hydrogen-bond acceptors (Lipinski definition) is 5. The summed E-state index contributed by atoms with van der Waals surface area (Å²) in [5.74, 6) is 3.59. The summed E-state index contributed by atoms with van der Waals surface area (Å²) in [4.78, 5) is 4.34. The second-order valence-corrected chi connectivity index (χ2v) is 6.52. The molecule has 0 radical (unpaired) electrons. The van der Waals surface area contributed by atoms with E-state index in [1.54, 1.807) is 21.3 Å². The molecule has 0 amide bonds. The van der Waals surface area contributed by atoms with E-state index in [2.05, 4.69) is 22.5 Å². The molecule has 0 spiro atoms. The third kappa shape index (κ3) is 5.95. The van der Waals surface area contributed by atoms with Gasteiger partial charge in [-0.05, 0) is 44.5 Å². The average Bonchev–Trinajstić information content (AvgIpc) is 2.77. The van der Waals surface area contributed by atoms with Gasteiger partial charge in [-0.3, -0.25) is 4.99 Å². The molecule has 2 rings (SSSR count). The second kappa shape index (κ2) is 11.8. The predicted octanol–water partition coefficient (Wildman–Crippen LogP) is 3.93. The number of ether oxygens (including phenoxy) is 4. The van der Waals surface area contributed by atoms with E-state index in [0.717, 1.165) is 22.6 Å². The van der Waals surface area contributed by atoms with E-state index in [1.165, 1.54) is 0 Å². The fourth-order valence-electron chi connectivity index (χ4n) is 3.09. The average molecular weight is 416 g/mol. The lowest BCUT2D eigenvalue weighted by molar-refractivity contribution is 0.287. The number of benzene rings is 2. The molecule has 0 aliphatic heterocycles. The zero-order valence-electron chi connectivity index (χ0n) is 18.7. The summed E-state index contributed by atoms with van der Waals surface area (Å²) in [6.07, 6.45) is 0. The normalized spacial score (nSPS) is 12.1. The minimum atomic E-state index is 0.0123. The largest absolute Gasteiger partial charge is 0.493 e. The van der Waals surface area contributed by atoms with Gasteiger partial charge in [0.25, 0.3) is 0 Å². The van der Waals surface area contributed by atoms with Crippen LogP contribution in [0.25, 0.3) is 0 Å². The Morgan fingerprint density at radius 3 is 2.33 bits per heavy atom. The summed E-state index contributed by atoms with van der Waals surface area (Å²) < 4.78 is 22.3. The minimum absolute atomic E-state index is 0.0123. The van der Waals surface area contributed by atoms with Crippen LogP contribution in [0.2, 0.25) is 0 Å². The number of guanidine groups is 1. The van der Waals surface area contributed by atoms with Crippen molar-refractivity contribution in [1.82, 2.24) is 10.6 Å². The van der Waals surface area contributed by atoms with Crippen molar-refractivity contribution in [1.29, 1.82) is 0 Å². The highest BCUT2D eigenvalue weighted by molar-refractivity contribution is 5.80. The highest BCUT2D eigenvalue weighted by atomic mass is 16.5. The number of methoxy groups -OCH3 is 2. The summed E-state index contributed by atoms with van der Waals surface area (Å²) >= 11 is 0. The van der Waals surface area contributed by atoms with Gasteiger partial charge in [0, 0.05) is 19.2 Å². The molecule has 30 heavy (non-hydrogen) atoms. The number of para-hydroxylation sites is 1. The van der Waals surface area contributed by atoms with Crippen LogP contribution in [-0.4, -0.2) is 40.4 Å². The van der Waals surface area contributed by atoms with Crippen molar-refractivity contribution < 1.29 is 18.9 Å². The standard InChI is InChI=1S/C23H33N3O4/c1-7-29-19-13-12-17(14-21(19)30-8-2)16(3)26-23(24-4)25-15-18-10-9-11-20(27-5)22(18)28-6/h9-14,16H,7-8,15H2,1-6H3,(H2,24,25,26). The van der Waals surface area contributed by atoms with Crippen molar-refractivity contribution in [2.24, 2.45) is 4.99 Å². The second-order valence-electron chi connectivity index (χ2n) is 6.52. The third-order valence-corrected chi connectivity index (χ3v) is 4.58. The molecule has 1 unspecified atom stereocenters. The van der Waals surface area contributed by atoms with Gasteiger partial charge >= 0.3 is 0 Å². The van der Waals surface area contributed by atoms with Crippen LogP contribution in [0.1, 0.15) is 37.9 Å². The monoisotopic (exact) mass is 415 g/mol. The van der Waals surface area contributed by atoms with Crippen molar-refractivity contribution in [3.8, 4) is 23.0 Å². The molecule has 0 aromatic heterocycles. The first kappa shape index (κ1) is 23.2. The Bertz CT molecular complexity index is 839. The molecule has 2 N–H and O–H groups in total. The molecule has 164 valence electrons. The van der Waals surface area contributed by atoms with E-state index in [9.17, 15) is 0 Å². The quantitative estimate of drug-likeness (QED) is 0.453. The third-order valence-electron chi connectivity index (χ3n) is 4.58. The minimum Gasteiger partial charge on any atom is -0.493 e. The van der Waals surface area contributed by atoms with Crippen LogP contribution < -0.4 is 29.6 Å². The first-order valence-electron chi connectivity index (χ1n) is 10.1. The van der Waals surface area contributed by atoms with Crippen molar-refractivity contribution in [3.63, 3.8) is 0 Å². The Balaban J connectivity index is 2.08. The van der Waals surface area contributed by atoms with Gasteiger partial charge in [-0.25, -0.2) is 0 Å². The molecule has 2 aromatic carbocycles. The van der Waals surface area contributed by atoms with Crippen molar-refractivity contribution >= 4 is 5.96 Å². The van der Waals surface area contributed by atoms with Crippen molar-refractivity contribution in [2.75, 3.05) is 34.5 Å². The Hall–Kier alpha value is -3.09. The van der Waals surface area contributed by atoms with Crippen molar-refractivity contribution in [3.05, 3.63) is 47.5 Å². The first-order valence-corrected chi connectivity index (χ1v) is 10.1. The number of rotatable bonds is 10. The fraction of sp³-hybridized carbons (Fsp3) is 0.435. The van der Waals surface area contributed by atoms with Gasteiger partial charge < -0.3 is 29.6 Å². The van der Waals surface area contributed by atoms with E-state index in [-0.39, 0.29) is 6.04 Å². The molecular formula is C23H33N3O4. The molecule has 0 fully saturated rings. The van der Waals surface area contributed by atoms with Crippen molar-refractivity contribution in [2.45, 2.75) is 33.4 Å². The Morgan fingerprint density at radius 1 is 0.967 bits per heavy atom. The van der Waals surface area contributed by atoms with Crippen LogP contribution in [-0.2, 0) is 6.54 Å². The molecule has 0 aliphatic carbocycles. The SMILES string of the molecule is CCOc1ccc(C(C)NC(=NC)NCc2cccc(OC)c2OC)cc1OCC. The van der Waals surface area contributed by atoms with E-state index < -0.39 is 0 Å². The summed E-state index contributed by atoms with van der Waals surface area (Å²) in [7, 11) is 5.01. The Labute approximate surface area is 179 Å². The van der Waals surface area contributed by atoms with Gasteiger partial charge in [-0.15, -0.1) is 0 Å². The molecule has 0 saturated carbocycles. The molecule has 7 nitrogen and oxygen atoms in total. The molecule has 0 saturated heterocycles. The van der Waals surface area contributed by atoms with Gasteiger partial charge in [-0.2, -0.15) is 0 Å². The molecule has 1 atom stereocenters. The van der Waals surface area contributed by atoms with Crippen LogP contribution >= 0.6 is 0 Å². The molecule has 2 aromatic rings. The van der Waals surface area contributed by atoms with Gasteiger partial charge in [-0.1, -0.05) is 18.2 Å². The van der Waals surface area contributed by atoms with Crippen LogP contribution in [0.5, 0.6) is 23.0 Å². The van der Waals surface area contributed by atoms with Crippen LogP contribution in [0.3, 0.4) is 0 Å². The molecular weight excluding hydrogens is 382 g/mol. The summed E-state index contributed by atoms with van der Waals surface area (Å²) in [6.45, 7) is 7.71. The van der Waals surface area contributed by atoms with E-state index in [1.807, 2.05) is 50.2 Å². The zero-order chi connectivity index (χ0) is 21.9. The van der Waals surface area contributed by atoms with Crippen LogP contribution in [0, 0.1) is 0 Å². The highest BCUT2D eigenvalue weighted by Crippen LogP contribution is 2.31. The predicted molar refractivity (Wildman–Crippen MR) is 120 cm³/mol. The number of nitrogens with zero attached hydrogens (tertiary/aromatic N) is 1. The van der Waals surface area contributed by atoms with Gasteiger partial charge in [0.15, 0.2) is 29.0 Å². The van der Waals surface area contributed by atoms with E-state index in [4.69, 9.17) is 18.9 Å². The summed E-state index contributed by atoms with van der Waals surface area (Å²) in [6, 6.07) is 11.8. The topological polar surface area (TPSA) is 73.3 Å². The molecule has 0 heterocycles. The Morgan fingerprint density at radius 2 is 1.70 bits per heavy atom. The van der Waals surface area contributed by atoms with E-state index >= 15 is 0 Å². The van der Waals surface area contributed by atoms with Gasteiger partial charge in [0.05, 0.1) is 33.5 Å². The van der Waals surface area contributed by atoms with E-state index in [0.29, 0.717) is 37.2 Å². The van der Waals surface area contributed by atoms with Gasteiger partial charge in [0.2, 0.25) is 0 Å². The first-order chi connectivity index (χ1) is 14.6. The molecule has 7 heteroatoms. The highest BCUT2D eigenvalue weighted by Gasteiger charge is 2.14. The lowest BCUT2D eigenvalue weighted by Gasteiger charge is -2.20. The smallest absolute Gasteiger partial charge is 0.191 e. The number of hydrogen-bond donors (Lipinski definition) is 2. The lowest BCUT2D eigenvalue weighted by atomic mass is 10.1. The maximum Gasteiger partial charge on any atom is 0.191 e. The summed E-state index contributed by atoms with van der Waals surface area (Å²) in [5, 5.41) is 6.74. The maximum absolute atomic E-state index is 5.74. The maximum atomic E-state index is 5.74. The number of aliphatic imine (C=N–C) groups is 1. The number of nitrogens with one attached hydrogen (secondary N) is 2. The lowest BCUT2D eigenvalue weighted by Crippen LogP contribution is -2.38. The fourth-order valence-corrected chi connectivity index (χ4v) is 3.09. The summed E-state index contributed by atoms with van der Waals surface area (Å²) in [5.41, 5.74) is 2.05. The molecule has 0 aliphatic rings. The van der Waals surface area contributed by atoms with Gasteiger partial charge in [0.1, 0.15) is 0 Å². The zero-order valence-corrected chi connectivity index (χ0v) is 18.7. The Kier molecular flexibility index (Phi) is 9.12.